The number of hydrogen-bond donors (Lipinski definition) is 1. The first kappa shape index (κ1) is 14.4. The van der Waals surface area contributed by atoms with Gasteiger partial charge in [0.2, 0.25) is 0 Å². The van der Waals surface area contributed by atoms with Gasteiger partial charge in [-0.1, -0.05) is 0 Å². The monoisotopic (exact) mass is 294 g/mol. The fourth-order valence-corrected chi connectivity index (χ4v) is 3.59. The van der Waals surface area contributed by atoms with Gasteiger partial charge in [-0.05, 0) is 44.4 Å². The largest absolute Gasteiger partial charge is 0.338 e. The van der Waals surface area contributed by atoms with E-state index in [0.717, 1.165) is 50.9 Å². The highest BCUT2D eigenvalue weighted by Gasteiger charge is 2.38. The minimum atomic E-state index is -0.776. The molecule has 0 bridgehead atoms. The predicted molar refractivity (Wildman–Crippen MR) is 76.0 cm³/mol. The lowest BCUT2D eigenvalue weighted by Crippen LogP contribution is -2.52. The van der Waals surface area contributed by atoms with E-state index in [-0.39, 0.29) is 16.9 Å². The summed E-state index contributed by atoms with van der Waals surface area (Å²) >= 11 is 0. The lowest BCUT2D eigenvalue weighted by atomic mass is 9.74. The van der Waals surface area contributed by atoms with Crippen LogP contribution in [-0.4, -0.2) is 37.0 Å². The maximum Gasteiger partial charge on any atom is 0.256 e. The molecule has 0 aromatic heterocycles. The minimum Gasteiger partial charge on any atom is -0.338 e. The van der Waals surface area contributed by atoms with Gasteiger partial charge in [0.25, 0.3) is 5.91 Å². The summed E-state index contributed by atoms with van der Waals surface area (Å²) in [6.45, 7) is 3.26. The van der Waals surface area contributed by atoms with Crippen molar-refractivity contribution in [2.75, 3.05) is 26.2 Å². The number of halogens is 2. The topological polar surface area (TPSA) is 32.3 Å². The van der Waals surface area contributed by atoms with E-state index in [0.29, 0.717) is 13.1 Å². The van der Waals surface area contributed by atoms with Crippen molar-refractivity contribution in [3.05, 3.63) is 35.4 Å². The number of piperidine rings is 2. The van der Waals surface area contributed by atoms with E-state index in [1.54, 1.807) is 4.90 Å². The normalized spacial score (nSPS) is 26.1. The zero-order valence-corrected chi connectivity index (χ0v) is 12.0. The molecule has 1 atom stereocenters. The number of hydrogen-bond acceptors (Lipinski definition) is 2. The van der Waals surface area contributed by atoms with Crippen LogP contribution in [0.25, 0.3) is 0 Å². The summed E-state index contributed by atoms with van der Waals surface area (Å²) in [7, 11) is 0. The quantitative estimate of drug-likeness (QED) is 0.863. The molecule has 1 amide bonds. The molecule has 2 fully saturated rings. The van der Waals surface area contributed by atoms with Crippen molar-refractivity contribution in [2.24, 2.45) is 5.41 Å². The highest BCUT2D eigenvalue weighted by molar-refractivity contribution is 5.94. The summed E-state index contributed by atoms with van der Waals surface area (Å²) in [6.07, 6.45) is 4.27. The van der Waals surface area contributed by atoms with Crippen LogP contribution in [0, 0.1) is 17.0 Å². The van der Waals surface area contributed by atoms with E-state index < -0.39 is 11.6 Å². The maximum atomic E-state index is 13.8. The molecule has 1 aromatic rings. The van der Waals surface area contributed by atoms with Crippen LogP contribution in [0.5, 0.6) is 0 Å². The summed E-state index contributed by atoms with van der Waals surface area (Å²) in [5.41, 5.74) is 0.0973. The van der Waals surface area contributed by atoms with Crippen molar-refractivity contribution in [1.29, 1.82) is 0 Å². The SMILES string of the molecule is O=C(c1ccc(F)cc1F)N1CCCC2(CCCNC2)C1. The van der Waals surface area contributed by atoms with Crippen LogP contribution in [0.1, 0.15) is 36.0 Å². The Balaban J connectivity index is 1.77. The summed E-state index contributed by atoms with van der Waals surface area (Å²) in [6, 6.07) is 3.15. The number of nitrogens with zero attached hydrogens (tertiary/aromatic N) is 1. The third kappa shape index (κ3) is 2.93. The lowest BCUT2D eigenvalue weighted by Gasteiger charge is -2.45. The van der Waals surface area contributed by atoms with Gasteiger partial charge in [-0.3, -0.25) is 4.79 Å². The van der Waals surface area contributed by atoms with Gasteiger partial charge >= 0.3 is 0 Å². The minimum absolute atomic E-state index is 0.0304. The smallest absolute Gasteiger partial charge is 0.256 e. The number of carbonyl (C=O) groups is 1. The summed E-state index contributed by atoms with van der Waals surface area (Å²) in [5.74, 6) is -1.76. The lowest BCUT2D eigenvalue weighted by molar-refractivity contribution is 0.0430. The molecule has 1 N–H and O–H groups in total. The number of nitrogens with one attached hydrogen (secondary N) is 1. The van der Waals surface area contributed by atoms with Gasteiger partial charge in [-0.2, -0.15) is 0 Å². The number of carbonyl (C=O) groups excluding carboxylic acids is 1. The van der Waals surface area contributed by atoms with Crippen molar-refractivity contribution in [1.82, 2.24) is 10.2 Å². The fraction of sp³-hybridized carbons (Fsp3) is 0.562. The average molecular weight is 294 g/mol. The van der Waals surface area contributed by atoms with E-state index in [9.17, 15) is 13.6 Å². The predicted octanol–water partition coefficient (Wildman–Crippen LogP) is 2.57. The van der Waals surface area contributed by atoms with E-state index in [4.69, 9.17) is 0 Å². The van der Waals surface area contributed by atoms with E-state index >= 15 is 0 Å². The van der Waals surface area contributed by atoms with Crippen molar-refractivity contribution in [3.8, 4) is 0 Å². The van der Waals surface area contributed by atoms with E-state index in [1.807, 2.05) is 0 Å². The molecule has 0 saturated carbocycles. The molecular formula is C16H20F2N2O. The summed E-state index contributed by atoms with van der Waals surface area (Å²) < 4.78 is 26.8. The van der Waals surface area contributed by atoms with Gasteiger partial charge in [0.1, 0.15) is 11.6 Å². The average Bonchev–Trinajstić information content (AvgIpc) is 2.47. The second-order valence-corrected chi connectivity index (χ2v) is 6.23. The second kappa shape index (κ2) is 5.72. The Morgan fingerprint density at radius 3 is 2.76 bits per heavy atom. The Morgan fingerprint density at radius 1 is 1.24 bits per heavy atom. The molecular weight excluding hydrogens is 274 g/mol. The number of benzene rings is 1. The third-order valence-corrected chi connectivity index (χ3v) is 4.67. The molecule has 2 aliphatic heterocycles. The fourth-order valence-electron chi connectivity index (χ4n) is 3.59. The molecule has 3 nitrogen and oxygen atoms in total. The highest BCUT2D eigenvalue weighted by atomic mass is 19.1. The molecule has 2 aliphatic rings. The van der Waals surface area contributed by atoms with Gasteiger partial charge in [0.15, 0.2) is 0 Å². The molecule has 21 heavy (non-hydrogen) atoms. The van der Waals surface area contributed by atoms with Crippen LogP contribution in [0.2, 0.25) is 0 Å². The van der Waals surface area contributed by atoms with Crippen molar-refractivity contribution in [2.45, 2.75) is 25.7 Å². The van der Waals surface area contributed by atoms with Crippen LogP contribution in [0.15, 0.2) is 18.2 Å². The van der Waals surface area contributed by atoms with Gasteiger partial charge in [-0.25, -0.2) is 8.78 Å². The molecule has 2 heterocycles. The molecule has 114 valence electrons. The first-order valence-electron chi connectivity index (χ1n) is 7.55. The van der Waals surface area contributed by atoms with Crippen LogP contribution < -0.4 is 5.32 Å². The number of likely N-dealkylation sites (tertiary alicyclic amines) is 1. The Kier molecular flexibility index (Phi) is 3.93. The third-order valence-electron chi connectivity index (χ3n) is 4.67. The van der Waals surface area contributed by atoms with Crippen LogP contribution >= 0.6 is 0 Å². The molecule has 0 radical (unpaired) electrons. The Labute approximate surface area is 123 Å². The van der Waals surface area contributed by atoms with Crippen LogP contribution in [0.4, 0.5) is 8.78 Å². The summed E-state index contributed by atoms with van der Waals surface area (Å²) in [5, 5.41) is 3.40. The maximum absolute atomic E-state index is 13.8. The number of amides is 1. The summed E-state index contributed by atoms with van der Waals surface area (Å²) in [4.78, 5) is 14.2. The Bertz CT molecular complexity index is 536. The van der Waals surface area contributed by atoms with E-state index in [1.165, 1.54) is 6.07 Å². The van der Waals surface area contributed by atoms with Gasteiger partial charge in [0, 0.05) is 31.1 Å². The van der Waals surface area contributed by atoms with Crippen molar-refractivity contribution >= 4 is 5.91 Å². The zero-order chi connectivity index (χ0) is 14.9. The molecule has 0 aliphatic carbocycles. The molecule has 1 spiro atoms. The van der Waals surface area contributed by atoms with Gasteiger partial charge in [0.05, 0.1) is 5.56 Å². The Hall–Kier alpha value is -1.49. The highest BCUT2D eigenvalue weighted by Crippen LogP contribution is 2.36. The molecule has 2 saturated heterocycles. The zero-order valence-electron chi connectivity index (χ0n) is 12.0. The standard InChI is InChI=1S/C16H20F2N2O/c17-12-3-4-13(14(18)9-12)15(21)20-8-2-6-16(11-20)5-1-7-19-10-16/h3-4,9,19H,1-2,5-8,10-11H2. The molecule has 5 heteroatoms. The molecule has 1 aromatic carbocycles. The second-order valence-electron chi connectivity index (χ2n) is 6.23. The van der Waals surface area contributed by atoms with Crippen LogP contribution in [-0.2, 0) is 0 Å². The first-order chi connectivity index (χ1) is 10.1. The van der Waals surface area contributed by atoms with Crippen molar-refractivity contribution < 1.29 is 13.6 Å². The number of rotatable bonds is 1. The van der Waals surface area contributed by atoms with Crippen LogP contribution in [0.3, 0.4) is 0 Å². The van der Waals surface area contributed by atoms with Gasteiger partial charge in [-0.15, -0.1) is 0 Å². The first-order valence-corrected chi connectivity index (χ1v) is 7.55. The Morgan fingerprint density at radius 2 is 2.05 bits per heavy atom. The van der Waals surface area contributed by atoms with E-state index in [2.05, 4.69) is 5.32 Å². The van der Waals surface area contributed by atoms with Gasteiger partial charge < -0.3 is 10.2 Å². The molecule has 1 unspecified atom stereocenters. The molecule has 3 rings (SSSR count). The van der Waals surface area contributed by atoms with Crippen molar-refractivity contribution in [3.63, 3.8) is 0 Å².